The standard InChI is InChI=1S/C14H21FN2O4S2/c1-11-4-5-13(15)14(10-11)23(20,21)17-8-6-12(7-9-17)16(2)22(3,18)19/h4-5,10,12H,6-9H2,1-3H3. The van der Waals surface area contributed by atoms with E-state index in [0.29, 0.717) is 18.4 Å². The molecule has 0 amide bonds. The van der Waals surface area contributed by atoms with E-state index in [1.54, 1.807) is 6.92 Å². The summed E-state index contributed by atoms with van der Waals surface area (Å²) in [6.45, 7) is 2.03. The molecule has 0 atom stereocenters. The molecule has 0 radical (unpaired) electrons. The number of halogens is 1. The SMILES string of the molecule is Cc1ccc(F)c(S(=O)(=O)N2CCC(N(C)S(C)(=O)=O)CC2)c1. The van der Waals surface area contributed by atoms with Crippen molar-refractivity contribution in [1.29, 1.82) is 0 Å². The highest BCUT2D eigenvalue weighted by atomic mass is 32.2. The van der Waals surface area contributed by atoms with Gasteiger partial charge >= 0.3 is 0 Å². The monoisotopic (exact) mass is 364 g/mol. The van der Waals surface area contributed by atoms with Crippen LogP contribution >= 0.6 is 0 Å². The molecule has 1 saturated heterocycles. The van der Waals surface area contributed by atoms with E-state index in [4.69, 9.17) is 0 Å². The van der Waals surface area contributed by atoms with Crippen molar-refractivity contribution in [3.8, 4) is 0 Å². The zero-order valence-electron chi connectivity index (χ0n) is 13.4. The number of hydrogen-bond donors (Lipinski definition) is 0. The Morgan fingerprint density at radius 1 is 1.17 bits per heavy atom. The average molecular weight is 364 g/mol. The Balaban J connectivity index is 2.17. The molecule has 0 saturated carbocycles. The molecule has 0 spiro atoms. The van der Waals surface area contributed by atoms with Gasteiger partial charge in [0.15, 0.2) is 0 Å². The minimum Gasteiger partial charge on any atom is -0.213 e. The van der Waals surface area contributed by atoms with Crippen molar-refractivity contribution in [2.75, 3.05) is 26.4 Å². The predicted molar refractivity (Wildman–Crippen MR) is 85.5 cm³/mol. The minimum absolute atomic E-state index is 0.167. The molecule has 1 fully saturated rings. The first kappa shape index (κ1) is 18.3. The molecule has 0 N–H and O–H groups in total. The van der Waals surface area contributed by atoms with Crippen LogP contribution < -0.4 is 0 Å². The second-order valence-corrected chi connectivity index (χ2v) is 9.80. The molecule has 6 nitrogen and oxygen atoms in total. The molecule has 1 aromatic rings. The Morgan fingerprint density at radius 3 is 2.26 bits per heavy atom. The Bertz CT molecular complexity index is 785. The third-order valence-corrected chi connectivity index (χ3v) is 7.42. The van der Waals surface area contributed by atoms with Crippen molar-refractivity contribution in [3.05, 3.63) is 29.6 Å². The van der Waals surface area contributed by atoms with Crippen molar-refractivity contribution in [2.45, 2.75) is 30.7 Å². The van der Waals surface area contributed by atoms with Gasteiger partial charge in [-0.1, -0.05) is 6.07 Å². The minimum atomic E-state index is -3.91. The number of piperidine rings is 1. The molecule has 1 aliphatic heterocycles. The first-order valence-electron chi connectivity index (χ1n) is 7.23. The molecule has 1 aromatic carbocycles. The Morgan fingerprint density at radius 2 is 1.74 bits per heavy atom. The Hall–Kier alpha value is -1.03. The summed E-state index contributed by atoms with van der Waals surface area (Å²) in [7, 11) is -5.73. The quantitative estimate of drug-likeness (QED) is 0.804. The van der Waals surface area contributed by atoms with E-state index >= 15 is 0 Å². The molecule has 23 heavy (non-hydrogen) atoms. The fourth-order valence-corrected chi connectivity index (χ4v) is 5.04. The number of nitrogens with zero attached hydrogens (tertiary/aromatic N) is 2. The van der Waals surface area contributed by atoms with Crippen LogP contribution in [-0.2, 0) is 20.0 Å². The average Bonchev–Trinajstić information content (AvgIpc) is 2.48. The summed E-state index contributed by atoms with van der Waals surface area (Å²) in [5, 5.41) is 0. The van der Waals surface area contributed by atoms with E-state index in [1.807, 2.05) is 0 Å². The topological polar surface area (TPSA) is 74.8 Å². The van der Waals surface area contributed by atoms with Gasteiger partial charge in [-0.25, -0.2) is 25.5 Å². The van der Waals surface area contributed by atoms with Crippen LogP contribution in [0.25, 0.3) is 0 Å². The first-order valence-corrected chi connectivity index (χ1v) is 10.5. The zero-order valence-corrected chi connectivity index (χ0v) is 15.0. The van der Waals surface area contributed by atoms with Crippen LogP contribution in [0.15, 0.2) is 23.1 Å². The fraction of sp³-hybridized carbons (Fsp3) is 0.571. The highest BCUT2D eigenvalue weighted by Gasteiger charge is 2.34. The smallest absolute Gasteiger partial charge is 0.213 e. The number of rotatable bonds is 4. The van der Waals surface area contributed by atoms with Crippen LogP contribution in [0, 0.1) is 12.7 Å². The van der Waals surface area contributed by atoms with E-state index in [-0.39, 0.29) is 24.0 Å². The molecular weight excluding hydrogens is 343 g/mol. The zero-order chi connectivity index (χ0) is 17.4. The summed E-state index contributed by atoms with van der Waals surface area (Å²) < 4.78 is 64.7. The molecule has 0 aliphatic carbocycles. The van der Waals surface area contributed by atoms with Gasteiger partial charge in [0.2, 0.25) is 20.0 Å². The van der Waals surface area contributed by atoms with Gasteiger partial charge in [-0.15, -0.1) is 0 Å². The number of hydrogen-bond acceptors (Lipinski definition) is 4. The summed E-state index contributed by atoms with van der Waals surface area (Å²) in [5.74, 6) is -0.772. The maximum Gasteiger partial charge on any atom is 0.245 e. The first-order chi connectivity index (χ1) is 10.5. The molecule has 2 rings (SSSR count). The molecule has 9 heteroatoms. The van der Waals surface area contributed by atoms with Crippen molar-refractivity contribution in [1.82, 2.24) is 8.61 Å². The third-order valence-electron chi connectivity index (χ3n) is 4.17. The number of sulfonamides is 2. The maximum atomic E-state index is 13.9. The maximum absolute atomic E-state index is 13.9. The van der Waals surface area contributed by atoms with Gasteiger partial charge in [0.1, 0.15) is 10.7 Å². The van der Waals surface area contributed by atoms with Crippen LogP contribution in [0.5, 0.6) is 0 Å². The molecule has 0 bridgehead atoms. The van der Waals surface area contributed by atoms with E-state index in [1.165, 1.54) is 27.8 Å². The second-order valence-electron chi connectivity index (χ2n) is 5.85. The summed E-state index contributed by atoms with van der Waals surface area (Å²) in [6.07, 6.45) is 1.89. The van der Waals surface area contributed by atoms with Crippen molar-refractivity contribution in [3.63, 3.8) is 0 Å². The van der Waals surface area contributed by atoms with Crippen molar-refractivity contribution in [2.24, 2.45) is 0 Å². The normalized spacial score (nSPS) is 18.5. The van der Waals surface area contributed by atoms with Gasteiger partial charge in [0.25, 0.3) is 0 Å². The van der Waals surface area contributed by atoms with Crippen LogP contribution in [-0.4, -0.2) is 57.9 Å². The lowest BCUT2D eigenvalue weighted by molar-refractivity contribution is 0.238. The number of benzene rings is 1. The summed E-state index contributed by atoms with van der Waals surface area (Å²) in [5.41, 5.74) is 0.664. The molecule has 130 valence electrons. The highest BCUT2D eigenvalue weighted by molar-refractivity contribution is 7.89. The van der Waals surface area contributed by atoms with Crippen LogP contribution in [0.3, 0.4) is 0 Å². The van der Waals surface area contributed by atoms with Gasteiger partial charge in [0.05, 0.1) is 6.26 Å². The highest BCUT2D eigenvalue weighted by Crippen LogP contribution is 2.25. The van der Waals surface area contributed by atoms with Crippen molar-refractivity contribution >= 4 is 20.0 Å². The molecule has 0 unspecified atom stereocenters. The lowest BCUT2D eigenvalue weighted by atomic mass is 10.1. The van der Waals surface area contributed by atoms with Gasteiger partial charge in [0, 0.05) is 26.2 Å². The summed E-state index contributed by atoms with van der Waals surface area (Å²) in [4.78, 5) is -0.326. The fourth-order valence-electron chi connectivity index (χ4n) is 2.66. The van der Waals surface area contributed by atoms with E-state index in [2.05, 4.69) is 0 Å². The largest absolute Gasteiger partial charge is 0.245 e. The van der Waals surface area contributed by atoms with Gasteiger partial charge in [-0.05, 0) is 37.5 Å². The molecule has 0 aromatic heterocycles. The van der Waals surface area contributed by atoms with Gasteiger partial charge in [-0.2, -0.15) is 4.31 Å². The summed E-state index contributed by atoms with van der Waals surface area (Å²) >= 11 is 0. The Labute approximate surface area is 137 Å². The van der Waals surface area contributed by atoms with E-state index in [0.717, 1.165) is 12.3 Å². The van der Waals surface area contributed by atoms with Gasteiger partial charge < -0.3 is 0 Å². The molecule has 1 heterocycles. The molecule has 1 aliphatic rings. The lowest BCUT2D eigenvalue weighted by Crippen LogP contribution is -2.47. The predicted octanol–water partition coefficient (Wildman–Crippen LogP) is 1.18. The summed E-state index contributed by atoms with van der Waals surface area (Å²) in [6, 6.07) is 3.74. The second kappa shape index (κ2) is 6.46. The van der Waals surface area contributed by atoms with E-state index < -0.39 is 25.9 Å². The molecular formula is C14H21FN2O4S2. The Kier molecular flexibility index (Phi) is 5.15. The van der Waals surface area contributed by atoms with Crippen molar-refractivity contribution < 1.29 is 21.2 Å². The van der Waals surface area contributed by atoms with E-state index in [9.17, 15) is 21.2 Å². The van der Waals surface area contributed by atoms with Crippen LogP contribution in [0.4, 0.5) is 4.39 Å². The van der Waals surface area contributed by atoms with Crippen LogP contribution in [0.1, 0.15) is 18.4 Å². The third kappa shape index (κ3) is 3.90. The van der Waals surface area contributed by atoms with Crippen LogP contribution in [0.2, 0.25) is 0 Å². The lowest BCUT2D eigenvalue weighted by Gasteiger charge is -2.35. The van der Waals surface area contributed by atoms with Gasteiger partial charge in [-0.3, -0.25) is 0 Å². The number of aryl methyl sites for hydroxylation is 1.